The van der Waals surface area contributed by atoms with Crippen molar-refractivity contribution in [3.63, 3.8) is 0 Å². The fourth-order valence-electron chi connectivity index (χ4n) is 2.98. The number of nitrogens with zero attached hydrogens (tertiary/aromatic N) is 3. The Kier molecular flexibility index (Phi) is 9.09. The maximum absolute atomic E-state index is 12.0. The summed E-state index contributed by atoms with van der Waals surface area (Å²) in [6.07, 6.45) is 5.09. The lowest BCUT2D eigenvalue weighted by Crippen LogP contribution is -2.24. The van der Waals surface area contributed by atoms with Gasteiger partial charge in [0.1, 0.15) is 0 Å². The number of nitro groups is 2. The molecule has 0 saturated heterocycles. The maximum Gasteiger partial charge on any atom is 0.269 e. The second-order valence-corrected chi connectivity index (χ2v) is 6.90. The van der Waals surface area contributed by atoms with Gasteiger partial charge in [-0.1, -0.05) is 19.3 Å². The van der Waals surface area contributed by atoms with Crippen LogP contribution in [0.1, 0.15) is 42.5 Å². The fourth-order valence-corrected chi connectivity index (χ4v) is 2.98. The zero-order valence-corrected chi connectivity index (χ0v) is 16.9. The summed E-state index contributed by atoms with van der Waals surface area (Å²) in [5.41, 5.74) is 0.925. The fraction of sp³-hybridized carbons (Fsp3) is 0.333. The van der Waals surface area contributed by atoms with E-state index in [9.17, 15) is 29.8 Å². The smallest absolute Gasteiger partial charge is 0.269 e. The predicted octanol–water partition coefficient (Wildman–Crippen LogP) is 3.85. The Morgan fingerprint density at radius 2 is 1.35 bits per heavy atom. The number of benzene rings is 2. The highest BCUT2D eigenvalue weighted by atomic mass is 16.6. The number of non-ortho nitro benzene ring substituents is 2. The van der Waals surface area contributed by atoms with Gasteiger partial charge in [0.2, 0.25) is 6.41 Å². The first-order valence-electron chi connectivity index (χ1n) is 9.91. The van der Waals surface area contributed by atoms with E-state index in [1.807, 2.05) is 0 Å². The first-order valence-corrected chi connectivity index (χ1v) is 9.91. The van der Waals surface area contributed by atoms with Gasteiger partial charge in [-0.2, -0.15) is 0 Å². The van der Waals surface area contributed by atoms with Gasteiger partial charge in [0, 0.05) is 48.6 Å². The van der Waals surface area contributed by atoms with Crippen molar-refractivity contribution in [2.45, 2.75) is 32.1 Å². The summed E-state index contributed by atoms with van der Waals surface area (Å²) in [5, 5.41) is 24.1. The number of unbranched alkanes of at least 4 members (excludes halogenated alkanes) is 4. The van der Waals surface area contributed by atoms with E-state index >= 15 is 0 Å². The lowest BCUT2D eigenvalue weighted by Gasteiger charge is -2.17. The lowest BCUT2D eigenvalue weighted by molar-refractivity contribution is -0.385. The predicted molar refractivity (Wildman–Crippen MR) is 115 cm³/mol. The first-order chi connectivity index (χ1) is 14.9. The Balaban J connectivity index is 1.60. The molecule has 0 aliphatic carbocycles. The molecular weight excluding hydrogens is 404 g/mol. The SMILES string of the molecule is O=CN(CCCCCCCNC(=O)c1ccc([N+](=O)[O-])cc1)c1ccc([N+](=O)[O-])cc1. The number of amides is 2. The van der Waals surface area contributed by atoms with E-state index in [0.29, 0.717) is 24.3 Å². The second-order valence-electron chi connectivity index (χ2n) is 6.90. The van der Waals surface area contributed by atoms with Crippen LogP contribution < -0.4 is 10.2 Å². The molecule has 0 unspecified atom stereocenters. The molecule has 0 radical (unpaired) electrons. The third kappa shape index (κ3) is 7.50. The van der Waals surface area contributed by atoms with Crippen LogP contribution in [0.2, 0.25) is 0 Å². The largest absolute Gasteiger partial charge is 0.352 e. The van der Waals surface area contributed by atoms with E-state index in [1.54, 1.807) is 12.1 Å². The van der Waals surface area contributed by atoms with Crippen LogP contribution in [0.3, 0.4) is 0 Å². The van der Waals surface area contributed by atoms with Crippen molar-refractivity contribution < 1.29 is 19.4 Å². The quantitative estimate of drug-likeness (QED) is 0.223. The third-order valence-electron chi connectivity index (χ3n) is 4.72. The van der Waals surface area contributed by atoms with Crippen LogP contribution in [0.25, 0.3) is 0 Å². The Bertz CT molecular complexity index is 899. The monoisotopic (exact) mass is 428 g/mol. The number of nitro benzene ring substituents is 2. The van der Waals surface area contributed by atoms with Crippen LogP contribution in [0.5, 0.6) is 0 Å². The number of anilines is 1. The van der Waals surface area contributed by atoms with Gasteiger partial charge in [-0.05, 0) is 37.1 Å². The van der Waals surface area contributed by atoms with E-state index in [-0.39, 0.29) is 17.3 Å². The number of carbonyl (C=O) groups excluding carboxylic acids is 2. The summed E-state index contributed by atoms with van der Waals surface area (Å²) >= 11 is 0. The third-order valence-corrected chi connectivity index (χ3v) is 4.72. The van der Waals surface area contributed by atoms with Gasteiger partial charge in [0.25, 0.3) is 17.3 Å². The zero-order valence-electron chi connectivity index (χ0n) is 16.9. The molecule has 0 aromatic heterocycles. The summed E-state index contributed by atoms with van der Waals surface area (Å²) in [6.45, 7) is 1.04. The summed E-state index contributed by atoms with van der Waals surface area (Å²) in [6, 6.07) is 11.3. The standard InChI is InChI=1S/C21H24N4O6/c26-16-23(18-10-12-20(13-11-18)25(30)31)15-5-3-1-2-4-14-22-21(27)17-6-8-19(9-7-17)24(28)29/h6-13,16H,1-5,14-15H2,(H,22,27). The molecule has 0 spiro atoms. The van der Waals surface area contributed by atoms with E-state index in [4.69, 9.17) is 0 Å². The molecule has 10 nitrogen and oxygen atoms in total. The molecule has 0 atom stereocenters. The van der Waals surface area contributed by atoms with E-state index in [2.05, 4.69) is 5.32 Å². The normalized spacial score (nSPS) is 10.3. The van der Waals surface area contributed by atoms with Gasteiger partial charge in [-0.3, -0.25) is 29.8 Å². The van der Waals surface area contributed by atoms with Crippen molar-refractivity contribution in [1.29, 1.82) is 0 Å². The van der Waals surface area contributed by atoms with Gasteiger partial charge in [-0.15, -0.1) is 0 Å². The first kappa shape index (κ1) is 23.5. The number of hydrogen-bond acceptors (Lipinski definition) is 6. The van der Waals surface area contributed by atoms with E-state index in [1.165, 1.54) is 41.3 Å². The van der Waals surface area contributed by atoms with Crippen LogP contribution in [0.15, 0.2) is 48.5 Å². The summed E-state index contributed by atoms with van der Waals surface area (Å²) in [7, 11) is 0. The van der Waals surface area contributed by atoms with Crippen molar-refractivity contribution in [1.82, 2.24) is 5.32 Å². The van der Waals surface area contributed by atoms with Crippen LogP contribution >= 0.6 is 0 Å². The van der Waals surface area contributed by atoms with Crippen LogP contribution in [0.4, 0.5) is 17.1 Å². The zero-order chi connectivity index (χ0) is 22.6. The van der Waals surface area contributed by atoms with Gasteiger partial charge in [0.05, 0.1) is 9.85 Å². The number of hydrogen-bond donors (Lipinski definition) is 1. The molecule has 1 N–H and O–H groups in total. The lowest BCUT2D eigenvalue weighted by atomic mass is 10.1. The van der Waals surface area contributed by atoms with Crippen molar-refractivity contribution in [2.75, 3.05) is 18.0 Å². The maximum atomic E-state index is 12.0. The minimum Gasteiger partial charge on any atom is -0.352 e. The molecule has 2 aromatic rings. The summed E-state index contributed by atoms with van der Waals surface area (Å²) in [5.74, 6) is -0.264. The molecule has 164 valence electrons. The molecule has 0 saturated carbocycles. The summed E-state index contributed by atoms with van der Waals surface area (Å²) in [4.78, 5) is 45.1. The van der Waals surface area contributed by atoms with Crippen LogP contribution in [0, 0.1) is 20.2 Å². The minimum absolute atomic E-state index is 0.0183. The van der Waals surface area contributed by atoms with Gasteiger partial charge < -0.3 is 10.2 Å². The average Bonchev–Trinajstić information content (AvgIpc) is 2.78. The van der Waals surface area contributed by atoms with Gasteiger partial charge >= 0.3 is 0 Å². The molecule has 0 heterocycles. The Morgan fingerprint density at radius 1 is 0.839 bits per heavy atom. The minimum atomic E-state index is -0.512. The van der Waals surface area contributed by atoms with Gasteiger partial charge in [-0.25, -0.2) is 0 Å². The van der Waals surface area contributed by atoms with Crippen molar-refractivity contribution in [3.8, 4) is 0 Å². The van der Waals surface area contributed by atoms with Crippen LogP contribution in [-0.2, 0) is 4.79 Å². The Labute approximate surface area is 179 Å². The Morgan fingerprint density at radius 3 is 1.90 bits per heavy atom. The molecular formula is C21H24N4O6. The highest BCUT2D eigenvalue weighted by molar-refractivity contribution is 5.94. The molecule has 0 aliphatic heterocycles. The highest BCUT2D eigenvalue weighted by Crippen LogP contribution is 2.19. The Hall–Kier alpha value is -3.82. The molecule has 0 fully saturated rings. The van der Waals surface area contributed by atoms with Crippen molar-refractivity contribution in [2.24, 2.45) is 0 Å². The van der Waals surface area contributed by atoms with Crippen molar-refractivity contribution in [3.05, 3.63) is 74.3 Å². The molecule has 2 rings (SSSR count). The second kappa shape index (κ2) is 12.0. The average molecular weight is 428 g/mol. The van der Waals surface area contributed by atoms with E-state index in [0.717, 1.165) is 38.5 Å². The molecule has 0 aliphatic rings. The molecule has 2 amide bonds. The van der Waals surface area contributed by atoms with Crippen LogP contribution in [-0.4, -0.2) is 35.3 Å². The van der Waals surface area contributed by atoms with Gasteiger partial charge in [0.15, 0.2) is 0 Å². The number of nitrogens with one attached hydrogen (secondary N) is 1. The molecule has 31 heavy (non-hydrogen) atoms. The molecule has 10 heteroatoms. The van der Waals surface area contributed by atoms with Crippen molar-refractivity contribution >= 4 is 29.4 Å². The molecule has 0 bridgehead atoms. The molecule has 2 aromatic carbocycles. The number of carbonyl (C=O) groups is 2. The van der Waals surface area contributed by atoms with E-state index < -0.39 is 9.85 Å². The summed E-state index contributed by atoms with van der Waals surface area (Å²) < 4.78 is 0. The highest BCUT2D eigenvalue weighted by Gasteiger charge is 2.10. The topological polar surface area (TPSA) is 136 Å². The number of rotatable bonds is 13.